The number of phenols is 1. The summed E-state index contributed by atoms with van der Waals surface area (Å²) in [6.07, 6.45) is 6.08. The molecule has 0 radical (unpaired) electrons. The Hall–Kier alpha value is -1.84. The molecule has 0 spiro atoms. The maximum Gasteiger partial charge on any atom is 0.330 e. The number of ether oxygens (including phenoxy) is 3. The number of rotatable bonds is 12. The Bertz CT molecular complexity index is 717. The highest BCUT2D eigenvalue weighted by Gasteiger charge is 2.16. The Balaban J connectivity index is 1.57. The number of methoxy groups -OCH3 is 1. The molecule has 1 saturated heterocycles. The molecule has 1 heterocycles. The predicted octanol–water partition coefficient (Wildman–Crippen LogP) is 3.58. The van der Waals surface area contributed by atoms with Gasteiger partial charge >= 0.3 is 11.9 Å². The second kappa shape index (κ2) is 13.5. The summed E-state index contributed by atoms with van der Waals surface area (Å²) in [5, 5.41) is 20.1. The van der Waals surface area contributed by atoms with Crippen LogP contribution in [0.2, 0.25) is 0 Å². The molecule has 1 fully saturated rings. The van der Waals surface area contributed by atoms with Crippen molar-refractivity contribution in [2.45, 2.75) is 43.5 Å². The first kappa shape index (κ1) is 24.4. The van der Waals surface area contributed by atoms with Crippen LogP contribution in [0.3, 0.4) is 0 Å². The van der Waals surface area contributed by atoms with Crippen molar-refractivity contribution in [1.82, 2.24) is 0 Å². The maximum atomic E-state index is 11.8. The molecule has 0 saturated carbocycles. The first-order chi connectivity index (χ1) is 14.5. The average molecular weight is 457 g/mol. The lowest BCUT2D eigenvalue weighted by molar-refractivity contribution is -0.150. The standard InChI is InChI=1S/C21H28O7S2/c1-26-19-12-15(6-8-18(19)23)7-9-21(25)28-14-16(22)13-27-20(24)5-3-2-4-17-10-11-29-30-17/h6-9,12,16-17,22-23H,2-5,10-11,13-14H2,1H3/b9-7+. The summed E-state index contributed by atoms with van der Waals surface area (Å²) in [6.45, 7) is -0.480. The molecule has 30 heavy (non-hydrogen) atoms. The van der Waals surface area contributed by atoms with Gasteiger partial charge in [0.05, 0.1) is 7.11 Å². The number of esters is 2. The number of hydrogen-bond acceptors (Lipinski definition) is 9. The zero-order chi connectivity index (χ0) is 21.8. The topological polar surface area (TPSA) is 102 Å². The Morgan fingerprint density at radius 1 is 1.27 bits per heavy atom. The van der Waals surface area contributed by atoms with Gasteiger partial charge in [0.2, 0.25) is 0 Å². The van der Waals surface area contributed by atoms with E-state index >= 15 is 0 Å². The number of carbonyl (C=O) groups is 2. The molecule has 0 amide bonds. The van der Waals surface area contributed by atoms with Crippen molar-refractivity contribution in [3.8, 4) is 11.5 Å². The minimum Gasteiger partial charge on any atom is -0.504 e. The van der Waals surface area contributed by atoms with Crippen molar-refractivity contribution in [3.63, 3.8) is 0 Å². The zero-order valence-corrected chi connectivity index (χ0v) is 18.6. The van der Waals surface area contributed by atoms with Crippen LogP contribution >= 0.6 is 21.6 Å². The number of phenolic OH excluding ortho intramolecular Hbond substituents is 1. The normalized spacial score (nSPS) is 17.1. The molecule has 2 unspecified atom stereocenters. The van der Waals surface area contributed by atoms with Crippen LogP contribution in [0.5, 0.6) is 11.5 Å². The molecule has 0 aromatic heterocycles. The second-order valence-corrected chi connectivity index (χ2v) is 9.59. The van der Waals surface area contributed by atoms with Gasteiger partial charge in [-0.15, -0.1) is 0 Å². The van der Waals surface area contributed by atoms with E-state index in [1.165, 1.54) is 37.5 Å². The summed E-state index contributed by atoms with van der Waals surface area (Å²) in [6, 6.07) is 4.63. The first-order valence-electron chi connectivity index (χ1n) is 9.81. The molecule has 1 aromatic rings. The number of aromatic hydroxyl groups is 1. The van der Waals surface area contributed by atoms with Crippen molar-refractivity contribution in [2.75, 3.05) is 26.1 Å². The molecular weight excluding hydrogens is 428 g/mol. The van der Waals surface area contributed by atoms with Gasteiger partial charge in [0.15, 0.2) is 11.5 Å². The van der Waals surface area contributed by atoms with Crippen molar-refractivity contribution in [3.05, 3.63) is 29.8 Å². The van der Waals surface area contributed by atoms with Crippen molar-refractivity contribution < 1.29 is 34.0 Å². The zero-order valence-electron chi connectivity index (χ0n) is 17.0. The number of benzene rings is 1. The number of aliphatic hydroxyl groups is 1. The molecule has 0 bridgehead atoms. The van der Waals surface area contributed by atoms with Crippen LogP contribution in [-0.2, 0) is 19.1 Å². The SMILES string of the molecule is COc1cc(/C=C/C(=O)OCC(O)COC(=O)CCCCC2CCSS2)ccc1O. The molecule has 166 valence electrons. The third kappa shape index (κ3) is 9.32. The fraction of sp³-hybridized carbons (Fsp3) is 0.524. The van der Waals surface area contributed by atoms with Gasteiger partial charge < -0.3 is 24.4 Å². The Morgan fingerprint density at radius 2 is 2.07 bits per heavy atom. The van der Waals surface area contributed by atoms with Gasteiger partial charge in [0, 0.05) is 23.5 Å². The Labute approximate surface area is 184 Å². The molecule has 9 heteroatoms. The number of carbonyl (C=O) groups excluding carboxylic acids is 2. The lowest BCUT2D eigenvalue weighted by Gasteiger charge is -2.11. The minimum atomic E-state index is -1.08. The predicted molar refractivity (Wildman–Crippen MR) is 119 cm³/mol. The van der Waals surface area contributed by atoms with Gasteiger partial charge in [0.25, 0.3) is 0 Å². The molecule has 1 aliphatic rings. The van der Waals surface area contributed by atoms with Gasteiger partial charge in [-0.25, -0.2) is 4.79 Å². The summed E-state index contributed by atoms with van der Waals surface area (Å²) in [4.78, 5) is 23.5. The lowest BCUT2D eigenvalue weighted by Crippen LogP contribution is -2.25. The van der Waals surface area contributed by atoms with Crippen molar-refractivity contribution in [2.24, 2.45) is 0 Å². The smallest absolute Gasteiger partial charge is 0.330 e. The van der Waals surface area contributed by atoms with E-state index in [9.17, 15) is 19.8 Å². The molecule has 1 aromatic carbocycles. The van der Waals surface area contributed by atoms with E-state index in [0.29, 0.717) is 23.0 Å². The summed E-state index contributed by atoms with van der Waals surface area (Å²) >= 11 is 0. The van der Waals surface area contributed by atoms with Crippen molar-refractivity contribution in [1.29, 1.82) is 0 Å². The third-order valence-corrected chi connectivity index (χ3v) is 7.36. The Kier molecular flexibility index (Phi) is 11.0. The van der Waals surface area contributed by atoms with Crippen LogP contribution in [0, 0.1) is 0 Å². The first-order valence-corrected chi connectivity index (χ1v) is 12.2. The molecule has 2 rings (SSSR count). The largest absolute Gasteiger partial charge is 0.504 e. The monoisotopic (exact) mass is 456 g/mol. The van der Waals surface area contributed by atoms with Crippen LogP contribution in [0.25, 0.3) is 6.08 Å². The van der Waals surface area contributed by atoms with E-state index in [4.69, 9.17) is 14.2 Å². The van der Waals surface area contributed by atoms with Gasteiger partial charge in [-0.3, -0.25) is 4.79 Å². The minimum absolute atomic E-state index is 0.00168. The van der Waals surface area contributed by atoms with Gasteiger partial charge in [-0.2, -0.15) is 0 Å². The van der Waals surface area contributed by atoms with Crippen LogP contribution in [0.4, 0.5) is 0 Å². The van der Waals surface area contributed by atoms with E-state index in [1.807, 2.05) is 21.6 Å². The van der Waals surface area contributed by atoms with Crippen LogP contribution in [0.15, 0.2) is 24.3 Å². The van der Waals surface area contributed by atoms with Crippen LogP contribution in [0.1, 0.15) is 37.7 Å². The number of unbranched alkanes of at least 4 members (excludes halogenated alkanes) is 1. The number of hydrogen-bond donors (Lipinski definition) is 2. The van der Waals surface area contributed by atoms with Crippen molar-refractivity contribution >= 4 is 39.6 Å². The quantitative estimate of drug-likeness (QED) is 0.211. The summed E-state index contributed by atoms with van der Waals surface area (Å²) in [5.41, 5.74) is 0.640. The van der Waals surface area contributed by atoms with Gasteiger partial charge in [0.1, 0.15) is 19.3 Å². The van der Waals surface area contributed by atoms with E-state index in [1.54, 1.807) is 12.1 Å². The van der Waals surface area contributed by atoms with E-state index in [-0.39, 0.29) is 24.9 Å². The van der Waals surface area contributed by atoms with Crippen LogP contribution < -0.4 is 4.74 Å². The van der Waals surface area contributed by atoms with E-state index in [2.05, 4.69) is 0 Å². The highest BCUT2D eigenvalue weighted by Crippen LogP contribution is 2.39. The van der Waals surface area contributed by atoms with E-state index < -0.39 is 12.1 Å². The molecule has 1 aliphatic heterocycles. The summed E-state index contributed by atoms with van der Waals surface area (Å²) in [5.74, 6) is 0.507. The lowest BCUT2D eigenvalue weighted by atomic mass is 10.1. The maximum absolute atomic E-state index is 11.8. The molecule has 7 nitrogen and oxygen atoms in total. The average Bonchev–Trinajstić information content (AvgIpc) is 3.26. The summed E-state index contributed by atoms with van der Waals surface area (Å²) in [7, 11) is 5.27. The third-order valence-electron chi connectivity index (χ3n) is 4.35. The fourth-order valence-electron chi connectivity index (χ4n) is 2.70. The van der Waals surface area contributed by atoms with Gasteiger partial charge in [-0.05, 0) is 43.0 Å². The van der Waals surface area contributed by atoms with E-state index in [0.717, 1.165) is 19.3 Å². The molecule has 2 atom stereocenters. The highest BCUT2D eigenvalue weighted by molar-refractivity contribution is 8.77. The fourth-order valence-corrected chi connectivity index (χ4v) is 5.73. The molecular formula is C21H28O7S2. The summed E-state index contributed by atoms with van der Waals surface area (Å²) < 4.78 is 15.0. The van der Waals surface area contributed by atoms with Crippen LogP contribution in [-0.4, -0.2) is 59.6 Å². The Morgan fingerprint density at radius 3 is 2.80 bits per heavy atom. The molecule has 2 N–H and O–H groups in total. The second-order valence-electron chi connectivity index (χ2n) is 6.81. The highest BCUT2D eigenvalue weighted by atomic mass is 33.1. The number of aliphatic hydroxyl groups excluding tert-OH is 1. The van der Waals surface area contributed by atoms with Gasteiger partial charge in [-0.1, -0.05) is 34.1 Å². The molecule has 0 aliphatic carbocycles.